The van der Waals surface area contributed by atoms with Crippen LogP contribution in [0.5, 0.6) is 5.75 Å². The molecule has 2 fully saturated rings. The second-order valence-corrected chi connectivity index (χ2v) is 9.28. The summed E-state index contributed by atoms with van der Waals surface area (Å²) in [5, 5.41) is 3.43. The fourth-order valence-corrected chi connectivity index (χ4v) is 5.04. The van der Waals surface area contributed by atoms with Crippen LogP contribution in [-0.4, -0.2) is 68.6 Å². The minimum atomic E-state index is 0.166. The first-order chi connectivity index (χ1) is 16.1. The lowest BCUT2D eigenvalue weighted by Crippen LogP contribution is -2.50. The number of rotatable bonds is 8. The highest BCUT2D eigenvalue weighted by Gasteiger charge is 2.22. The molecule has 6 nitrogen and oxygen atoms in total. The highest BCUT2D eigenvalue weighted by atomic mass is 16.5. The number of ether oxygens (including phenoxy) is 1. The summed E-state index contributed by atoms with van der Waals surface area (Å²) >= 11 is 0. The summed E-state index contributed by atoms with van der Waals surface area (Å²) in [6.07, 6.45) is 6.66. The highest BCUT2D eigenvalue weighted by molar-refractivity contribution is 5.81. The van der Waals surface area contributed by atoms with E-state index >= 15 is 0 Å². The van der Waals surface area contributed by atoms with Crippen LogP contribution < -0.4 is 15.0 Å². The van der Waals surface area contributed by atoms with Gasteiger partial charge in [0.25, 0.3) is 0 Å². The molecule has 1 amide bonds. The van der Waals surface area contributed by atoms with Crippen LogP contribution in [0, 0.1) is 0 Å². The second kappa shape index (κ2) is 11.4. The molecule has 1 saturated carbocycles. The van der Waals surface area contributed by atoms with Crippen LogP contribution in [-0.2, 0) is 11.3 Å². The van der Waals surface area contributed by atoms with E-state index < -0.39 is 0 Å². The SMILES string of the molecule is COc1ccc(N2CCN(C(=O)CNc3ccccc3CN(C)C3CCCCC3)CC2)cc1. The van der Waals surface area contributed by atoms with Crippen molar-refractivity contribution in [3.8, 4) is 5.75 Å². The molecule has 0 aromatic heterocycles. The van der Waals surface area contributed by atoms with Crippen molar-refractivity contribution < 1.29 is 9.53 Å². The van der Waals surface area contributed by atoms with Crippen LogP contribution in [0.4, 0.5) is 11.4 Å². The van der Waals surface area contributed by atoms with Crippen molar-refractivity contribution in [2.75, 3.05) is 57.1 Å². The maximum atomic E-state index is 12.9. The lowest BCUT2D eigenvalue weighted by atomic mass is 9.94. The second-order valence-electron chi connectivity index (χ2n) is 9.28. The Hall–Kier alpha value is -2.73. The lowest BCUT2D eigenvalue weighted by Gasteiger charge is -2.36. The van der Waals surface area contributed by atoms with E-state index in [2.05, 4.69) is 52.5 Å². The summed E-state index contributed by atoms with van der Waals surface area (Å²) in [6, 6.07) is 17.2. The molecular weight excluding hydrogens is 412 g/mol. The number of hydrogen-bond donors (Lipinski definition) is 1. The molecule has 0 atom stereocenters. The van der Waals surface area contributed by atoms with Crippen LogP contribution in [0.25, 0.3) is 0 Å². The van der Waals surface area contributed by atoms with Crippen LogP contribution in [0.2, 0.25) is 0 Å². The third kappa shape index (κ3) is 6.20. The predicted molar refractivity (Wildman–Crippen MR) is 135 cm³/mol. The van der Waals surface area contributed by atoms with E-state index in [9.17, 15) is 4.79 Å². The predicted octanol–water partition coefficient (Wildman–Crippen LogP) is 4.22. The van der Waals surface area contributed by atoms with Gasteiger partial charge in [0.1, 0.15) is 5.75 Å². The molecule has 1 saturated heterocycles. The molecule has 0 unspecified atom stereocenters. The highest BCUT2D eigenvalue weighted by Crippen LogP contribution is 2.25. The normalized spacial score (nSPS) is 17.3. The van der Waals surface area contributed by atoms with E-state index in [0.29, 0.717) is 12.6 Å². The van der Waals surface area contributed by atoms with Gasteiger partial charge in [0.15, 0.2) is 0 Å². The average molecular weight is 451 g/mol. The third-order valence-electron chi connectivity index (χ3n) is 7.14. The molecule has 178 valence electrons. The number of piperazine rings is 1. The summed E-state index contributed by atoms with van der Waals surface area (Å²) < 4.78 is 5.25. The van der Waals surface area contributed by atoms with Crippen molar-refractivity contribution in [1.82, 2.24) is 9.80 Å². The Morgan fingerprint density at radius 3 is 2.39 bits per heavy atom. The van der Waals surface area contributed by atoms with Gasteiger partial charge in [-0.3, -0.25) is 9.69 Å². The van der Waals surface area contributed by atoms with E-state index in [1.165, 1.54) is 43.4 Å². The Kier molecular flexibility index (Phi) is 8.10. The van der Waals surface area contributed by atoms with Gasteiger partial charge in [-0.25, -0.2) is 0 Å². The van der Waals surface area contributed by atoms with E-state index in [0.717, 1.165) is 44.2 Å². The van der Waals surface area contributed by atoms with Gasteiger partial charge >= 0.3 is 0 Å². The van der Waals surface area contributed by atoms with Crippen LogP contribution in [0.3, 0.4) is 0 Å². The first-order valence-electron chi connectivity index (χ1n) is 12.3. The molecule has 2 aromatic rings. The van der Waals surface area contributed by atoms with Gasteiger partial charge in [-0.05, 0) is 55.8 Å². The number of nitrogens with zero attached hydrogens (tertiary/aromatic N) is 3. The zero-order chi connectivity index (χ0) is 23.0. The van der Waals surface area contributed by atoms with Crippen molar-refractivity contribution in [3.05, 3.63) is 54.1 Å². The minimum absolute atomic E-state index is 0.166. The van der Waals surface area contributed by atoms with E-state index in [4.69, 9.17) is 4.74 Å². The fraction of sp³-hybridized carbons (Fsp3) is 0.519. The molecule has 6 heteroatoms. The smallest absolute Gasteiger partial charge is 0.241 e. The average Bonchev–Trinajstić information content (AvgIpc) is 2.88. The molecule has 0 bridgehead atoms. The standard InChI is InChI=1S/C27H38N4O2/c1-29(23-9-4-3-5-10-23)21-22-8-6-7-11-26(22)28-20-27(32)31-18-16-30(17-19-31)24-12-14-25(33-2)15-13-24/h6-8,11-15,23,28H,3-5,9-10,16-21H2,1-2H3. The van der Waals surface area contributed by atoms with Crippen LogP contribution in [0.15, 0.2) is 48.5 Å². The number of amides is 1. The van der Waals surface area contributed by atoms with Gasteiger partial charge in [0.2, 0.25) is 5.91 Å². The Balaban J connectivity index is 1.27. The largest absolute Gasteiger partial charge is 0.497 e. The summed E-state index contributed by atoms with van der Waals surface area (Å²) in [6.45, 7) is 4.45. The summed E-state index contributed by atoms with van der Waals surface area (Å²) in [7, 11) is 3.92. The Morgan fingerprint density at radius 1 is 1.00 bits per heavy atom. The maximum absolute atomic E-state index is 12.9. The maximum Gasteiger partial charge on any atom is 0.241 e. The van der Waals surface area contributed by atoms with Crippen LogP contribution in [0.1, 0.15) is 37.7 Å². The van der Waals surface area contributed by atoms with Gasteiger partial charge in [0.05, 0.1) is 13.7 Å². The molecule has 1 heterocycles. The Morgan fingerprint density at radius 2 is 1.70 bits per heavy atom. The van der Waals surface area contributed by atoms with Crippen molar-refractivity contribution in [1.29, 1.82) is 0 Å². The molecule has 1 N–H and O–H groups in total. The number of carbonyl (C=O) groups excluding carboxylic acids is 1. The molecule has 4 rings (SSSR count). The van der Waals surface area contributed by atoms with Crippen molar-refractivity contribution in [3.63, 3.8) is 0 Å². The number of methoxy groups -OCH3 is 1. The monoisotopic (exact) mass is 450 g/mol. The zero-order valence-corrected chi connectivity index (χ0v) is 20.1. The third-order valence-corrected chi connectivity index (χ3v) is 7.14. The number of benzene rings is 2. The van der Waals surface area contributed by atoms with E-state index in [1.807, 2.05) is 23.1 Å². The first kappa shape index (κ1) is 23.4. The van der Waals surface area contributed by atoms with Crippen molar-refractivity contribution in [2.45, 2.75) is 44.7 Å². The topological polar surface area (TPSA) is 48.1 Å². The van der Waals surface area contributed by atoms with Crippen molar-refractivity contribution >= 4 is 17.3 Å². The quantitative estimate of drug-likeness (QED) is 0.653. The molecule has 1 aliphatic carbocycles. The number of carbonyl (C=O) groups is 1. The lowest BCUT2D eigenvalue weighted by molar-refractivity contribution is -0.129. The fourth-order valence-electron chi connectivity index (χ4n) is 5.04. The molecule has 1 aliphatic heterocycles. The molecular formula is C27H38N4O2. The minimum Gasteiger partial charge on any atom is -0.497 e. The van der Waals surface area contributed by atoms with Gasteiger partial charge in [0, 0.05) is 50.1 Å². The summed E-state index contributed by atoms with van der Waals surface area (Å²) in [5.74, 6) is 1.03. The van der Waals surface area contributed by atoms with Gasteiger partial charge < -0.3 is 19.9 Å². The van der Waals surface area contributed by atoms with E-state index in [1.54, 1.807) is 7.11 Å². The first-order valence-corrected chi connectivity index (χ1v) is 12.3. The number of para-hydroxylation sites is 1. The molecule has 0 radical (unpaired) electrons. The molecule has 2 aromatic carbocycles. The number of hydrogen-bond acceptors (Lipinski definition) is 5. The van der Waals surface area contributed by atoms with Gasteiger partial charge in [-0.15, -0.1) is 0 Å². The van der Waals surface area contributed by atoms with E-state index in [-0.39, 0.29) is 5.91 Å². The molecule has 0 spiro atoms. The van der Waals surface area contributed by atoms with Gasteiger partial charge in [-0.2, -0.15) is 0 Å². The Bertz CT molecular complexity index is 887. The number of nitrogens with one attached hydrogen (secondary N) is 1. The molecule has 2 aliphatic rings. The number of anilines is 2. The van der Waals surface area contributed by atoms with Gasteiger partial charge in [-0.1, -0.05) is 37.5 Å². The molecule has 33 heavy (non-hydrogen) atoms. The van der Waals surface area contributed by atoms with Crippen LogP contribution >= 0.6 is 0 Å². The Labute approximate surface area is 198 Å². The zero-order valence-electron chi connectivity index (χ0n) is 20.1. The summed E-state index contributed by atoms with van der Waals surface area (Å²) in [5.41, 5.74) is 3.52. The van der Waals surface area contributed by atoms with Crippen molar-refractivity contribution in [2.24, 2.45) is 0 Å². The summed E-state index contributed by atoms with van der Waals surface area (Å²) in [4.78, 5) is 19.7.